The maximum atomic E-state index is 13.7. The van der Waals surface area contributed by atoms with Crippen LogP contribution in [0.15, 0.2) is 75.5 Å². The average molecular weight is 591 g/mol. The molecule has 1 amide bonds. The van der Waals surface area contributed by atoms with Gasteiger partial charge in [-0.1, -0.05) is 78.4 Å². The second-order valence-corrected chi connectivity index (χ2v) is 13.2. The molecule has 0 bridgehead atoms. The van der Waals surface area contributed by atoms with Gasteiger partial charge in [-0.2, -0.15) is 5.26 Å². The van der Waals surface area contributed by atoms with Crippen molar-refractivity contribution in [3.8, 4) is 6.07 Å². The Labute approximate surface area is 245 Å². The lowest BCUT2D eigenvalue weighted by Gasteiger charge is -2.42. The molecular formula is C29H27ClN6O2S2. The van der Waals surface area contributed by atoms with Gasteiger partial charge >= 0.3 is 0 Å². The van der Waals surface area contributed by atoms with E-state index in [9.17, 15) is 14.9 Å². The van der Waals surface area contributed by atoms with Crippen molar-refractivity contribution in [2.24, 2.45) is 11.1 Å². The van der Waals surface area contributed by atoms with E-state index in [2.05, 4.69) is 35.4 Å². The van der Waals surface area contributed by atoms with Crippen LogP contribution in [0.4, 0.5) is 10.8 Å². The summed E-state index contributed by atoms with van der Waals surface area (Å²) in [4.78, 5) is 27.9. The third kappa shape index (κ3) is 5.63. The molecule has 2 aliphatic rings. The highest BCUT2D eigenvalue weighted by atomic mass is 35.5. The highest BCUT2D eigenvalue weighted by Crippen LogP contribution is 2.50. The van der Waals surface area contributed by atoms with E-state index < -0.39 is 5.92 Å². The Balaban J connectivity index is 1.46. The number of carbonyl (C=O) groups excluding carboxylic acids is 2. The maximum Gasteiger partial charge on any atom is 0.234 e. The Hall–Kier alpha value is -3.65. The van der Waals surface area contributed by atoms with E-state index >= 15 is 0 Å². The number of Topliss-reactive ketones (excluding diaryl/α,β-unsaturated/α-hetero) is 1. The quantitative estimate of drug-likeness (QED) is 0.326. The van der Waals surface area contributed by atoms with E-state index in [-0.39, 0.29) is 28.7 Å². The minimum Gasteiger partial charge on any atom is -0.384 e. The zero-order valence-corrected chi connectivity index (χ0v) is 24.6. The molecule has 0 radical (unpaired) electrons. The number of amides is 1. The van der Waals surface area contributed by atoms with Gasteiger partial charge in [0, 0.05) is 28.4 Å². The summed E-state index contributed by atoms with van der Waals surface area (Å²) in [5, 5.41) is 22.8. The summed E-state index contributed by atoms with van der Waals surface area (Å²) in [6.45, 7) is 6.08. The molecule has 2 heterocycles. The van der Waals surface area contributed by atoms with Crippen LogP contribution in [0.1, 0.15) is 43.7 Å². The van der Waals surface area contributed by atoms with Crippen molar-refractivity contribution < 1.29 is 9.59 Å². The first-order valence-corrected chi connectivity index (χ1v) is 14.8. The van der Waals surface area contributed by atoms with E-state index in [0.717, 1.165) is 16.8 Å². The van der Waals surface area contributed by atoms with Crippen LogP contribution in [0.25, 0.3) is 0 Å². The summed E-state index contributed by atoms with van der Waals surface area (Å²) in [5.41, 5.74) is 10.6. The molecule has 3 N–H and O–H groups in total. The molecule has 0 fully saturated rings. The van der Waals surface area contributed by atoms with Gasteiger partial charge in [-0.25, -0.2) is 0 Å². The molecule has 1 atom stereocenters. The SMILES string of the molecule is Cc1cccc(C2C(C#N)=C(N)N(c3nnc(SCC(=O)Nc4ccc(Cl)cc4)s3)C3=C2C(=O)CC(C)(C)C3)c1. The number of nitrogens with one attached hydrogen (secondary N) is 1. The zero-order chi connectivity index (χ0) is 28.6. The van der Waals surface area contributed by atoms with Crippen molar-refractivity contribution in [1.29, 1.82) is 5.26 Å². The lowest BCUT2D eigenvalue weighted by Crippen LogP contribution is -2.42. The van der Waals surface area contributed by atoms with Gasteiger partial charge in [0.15, 0.2) is 10.1 Å². The maximum absolute atomic E-state index is 13.7. The normalized spacial score (nSPS) is 18.4. The standard InChI is InChI=1S/C29H27ClN6O2S2/c1-16-5-4-6-17(11-16)24-20(14-31)26(32)36(21-12-29(2,3)13-22(37)25(21)24)27-34-35-28(40-27)39-15-23(38)33-19-9-7-18(30)8-10-19/h4-11,24H,12-13,15,32H2,1-3H3,(H,33,38). The molecule has 5 rings (SSSR count). The lowest BCUT2D eigenvalue weighted by molar-refractivity contribution is -0.118. The first kappa shape index (κ1) is 27.9. The van der Waals surface area contributed by atoms with Crippen LogP contribution in [0.2, 0.25) is 5.02 Å². The number of nitrogens with two attached hydrogens (primary N) is 1. The van der Waals surface area contributed by atoms with Crippen LogP contribution < -0.4 is 16.0 Å². The molecule has 204 valence electrons. The van der Waals surface area contributed by atoms with E-state index in [4.69, 9.17) is 17.3 Å². The number of hydrogen-bond acceptors (Lipinski definition) is 9. The Morgan fingerprint density at radius 3 is 2.70 bits per heavy atom. The van der Waals surface area contributed by atoms with Gasteiger partial charge in [0.25, 0.3) is 0 Å². The second kappa shape index (κ2) is 11.1. The van der Waals surface area contributed by atoms with Gasteiger partial charge in [0.2, 0.25) is 11.0 Å². The third-order valence-electron chi connectivity index (χ3n) is 6.80. The summed E-state index contributed by atoms with van der Waals surface area (Å²) >= 11 is 8.42. The number of rotatable bonds is 6. The summed E-state index contributed by atoms with van der Waals surface area (Å²) in [7, 11) is 0. The van der Waals surface area contributed by atoms with Crippen LogP contribution >= 0.6 is 34.7 Å². The number of halogens is 1. The number of anilines is 2. The largest absolute Gasteiger partial charge is 0.384 e. The Kier molecular flexibility index (Phi) is 7.73. The Bertz CT molecular complexity index is 1600. The predicted molar refractivity (Wildman–Crippen MR) is 159 cm³/mol. The Morgan fingerprint density at radius 1 is 1.25 bits per heavy atom. The van der Waals surface area contributed by atoms with Gasteiger partial charge in [0.1, 0.15) is 5.82 Å². The number of allylic oxidation sites excluding steroid dienone is 3. The average Bonchev–Trinajstić information content (AvgIpc) is 3.36. The lowest BCUT2D eigenvalue weighted by atomic mass is 9.68. The van der Waals surface area contributed by atoms with Crippen molar-refractivity contribution in [1.82, 2.24) is 10.2 Å². The molecule has 8 nitrogen and oxygen atoms in total. The van der Waals surface area contributed by atoms with Crippen LogP contribution in [-0.4, -0.2) is 27.6 Å². The predicted octanol–water partition coefficient (Wildman–Crippen LogP) is 6.17. The van der Waals surface area contributed by atoms with E-state index in [0.29, 0.717) is 44.2 Å². The summed E-state index contributed by atoms with van der Waals surface area (Å²) < 4.78 is 0.567. The van der Waals surface area contributed by atoms with Gasteiger partial charge in [-0.15, -0.1) is 10.2 Å². The first-order valence-electron chi connectivity index (χ1n) is 12.6. The number of hydrogen-bond donors (Lipinski definition) is 2. The molecule has 1 aromatic heterocycles. The molecule has 40 heavy (non-hydrogen) atoms. The number of benzene rings is 2. The fraction of sp³-hybridized carbons (Fsp3) is 0.276. The smallest absolute Gasteiger partial charge is 0.234 e. The molecular weight excluding hydrogens is 564 g/mol. The van der Waals surface area contributed by atoms with Crippen LogP contribution in [0, 0.1) is 23.7 Å². The minimum atomic E-state index is -0.543. The molecule has 11 heteroatoms. The number of nitrogens with zero attached hydrogens (tertiary/aromatic N) is 4. The summed E-state index contributed by atoms with van der Waals surface area (Å²) in [6.07, 6.45) is 0.960. The second-order valence-electron chi connectivity index (χ2n) is 10.6. The van der Waals surface area contributed by atoms with Crippen molar-refractivity contribution in [2.45, 2.75) is 43.9 Å². The molecule has 0 saturated carbocycles. The van der Waals surface area contributed by atoms with Gasteiger partial charge in [-0.05, 0) is 48.6 Å². The van der Waals surface area contributed by atoms with Gasteiger partial charge in [0.05, 0.1) is 23.3 Å². The molecule has 3 aromatic rings. The topological polar surface area (TPSA) is 125 Å². The van der Waals surface area contributed by atoms with Crippen LogP contribution in [0.3, 0.4) is 0 Å². The number of nitriles is 1. The summed E-state index contributed by atoms with van der Waals surface area (Å²) in [5.74, 6) is -0.370. The highest BCUT2D eigenvalue weighted by Gasteiger charge is 2.45. The molecule has 2 aromatic carbocycles. The van der Waals surface area contributed by atoms with Crippen LogP contribution in [0.5, 0.6) is 0 Å². The van der Waals surface area contributed by atoms with Gasteiger partial charge in [-0.3, -0.25) is 14.5 Å². The Morgan fingerprint density at radius 2 is 2.00 bits per heavy atom. The summed E-state index contributed by atoms with van der Waals surface area (Å²) in [6, 6.07) is 17.0. The van der Waals surface area contributed by atoms with Gasteiger partial charge < -0.3 is 11.1 Å². The fourth-order valence-corrected chi connectivity index (χ4v) is 6.93. The molecule has 1 aliphatic heterocycles. The number of carbonyl (C=O) groups is 2. The van der Waals surface area contributed by atoms with Crippen molar-refractivity contribution in [3.05, 3.63) is 87.3 Å². The first-order chi connectivity index (χ1) is 19.1. The molecule has 1 unspecified atom stereocenters. The monoisotopic (exact) mass is 590 g/mol. The number of aromatic nitrogens is 2. The number of ketones is 1. The molecule has 1 aliphatic carbocycles. The highest BCUT2D eigenvalue weighted by molar-refractivity contribution is 8.01. The van der Waals surface area contributed by atoms with Crippen molar-refractivity contribution in [2.75, 3.05) is 16.0 Å². The van der Waals surface area contributed by atoms with E-state index in [1.165, 1.54) is 23.1 Å². The zero-order valence-electron chi connectivity index (χ0n) is 22.2. The van der Waals surface area contributed by atoms with Crippen LogP contribution in [-0.2, 0) is 9.59 Å². The van der Waals surface area contributed by atoms with E-state index in [1.807, 2.05) is 31.2 Å². The number of aryl methyl sites for hydroxylation is 1. The molecule has 0 spiro atoms. The van der Waals surface area contributed by atoms with E-state index in [1.54, 1.807) is 29.2 Å². The fourth-order valence-electron chi connectivity index (χ4n) is 5.12. The number of thioether (sulfide) groups is 1. The minimum absolute atomic E-state index is 0.000917. The van der Waals surface area contributed by atoms with Crippen molar-refractivity contribution >= 4 is 57.2 Å². The van der Waals surface area contributed by atoms with Crippen molar-refractivity contribution in [3.63, 3.8) is 0 Å². The molecule has 0 saturated heterocycles. The third-order valence-corrected chi connectivity index (χ3v) is 9.09.